The van der Waals surface area contributed by atoms with Gasteiger partial charge in [-0.05, 0) is 55.5 Å². The lowest BCUT2D eigenvalue weighted by Crippen LogP contribution is -2.29. The number of rotatable bonds is 5. The number of hydrogen-bond donors (Lipinski definition) is 1. The first-order valence-electron chi connectivity index (χ1n) is 7.76. The molecule has 2 heterocycles. The van der Waals surface area contributed by atoms with Crippen molar-refractivity contribution in [2.24, 2.45) is 0 Å². The Morgan fingerprint density at radius 1 is 1.17 bits per heavy atom. The van der Waals surface area contributed by atoms with E-state index in [0.29, 0.717) is 11.4 Å². The summed E-state index contributed by atoms with van der Waals surface area (Å²) >= 11 is 5.93. The number of benzene rings is 1. The number of nitrogens with zero attached hydrogens (tertiary/aromatic N) is 2. The summed E-state index contributed by atoms with van der Waals surface area (Å²) in [5, 5.41) is 3.68. The summed E-state index contributed by atoms with van der Waals surface area (Å²) in [4.78, 5) is 16.6. The Balaban J connectivity index is 1.69. The highest BCUT2D eigenvalue weighted by molar-refractivity contribution is 6.30. The average molecular weight is 340 g/mol. The molecule has 0 unspecified atom stereocenters. The van der Waals surface area contributed by atoms with Crippen molar-refractivity contribution in [1.29, 1.82) is 0 Å². The predicted molar refractivity (Wildman–Crippen MR) is 95.3 cm³/mol. The van der Waals surface area contributed by atoms with Crippen LogP contribution in [0.2, 0.25) is 5.02 Å². The van der Waals surface area contributed by atoms with Crippen LogP contribution in [0.5, 0.6) is 0 Å². The zero-order chi connectivity index (χ0) is 16.9. The Bertz CT molecular complexity index is 812. The largest absolute Gasteiger partial charge is 0.348 e. The molecular weight excluding hydrogens is 322 g/mol. The van der Waals surface area contributed by atoms with Crippen LogP contribution in [0.15, 0.2) is 67.0 Å². The monoisotopic (exact) mass is 339 g/mol. The fourth-order valence-corrected chi connectivity index (χ4v) is 2.70. The van der Waals surface area contributed by atoms with E-state index in [-0.39, 0.29) is 11.9 Å². The molecule has 0 spiro atoms. The number of carbonyl (C=O) groups excluding carboxylic acids is 1. The molecule has 24 heavy (non-hydrogen) atoms. The van der Waals surface area contributed by atoms with Gasteiger partial charge in [-0.3, -0.25) is 9.78 Å². The molecule has 3 aromatic rings. The van der Waals surface area contributed by atoms with Gasteiger partial charge in [0.1, 0.15) is 0 Å². The van der Waals surface area contributed by atoms with Crippen LogP contribution in [0.25, 0.3) is 5.69 Å². The molecule has 0 saturated carbocycles. The van der Waals surface area contributed by atoms with Crippen LogP contribution in [-0.4, -0.2) is 15.5 Å². The van der Waals surface area contributed by atoms with E-state index in [9.17, 15) is 4.79 Å². The number of amides is 1. The third-order valence-corrected chi connectivity index (χ3v) is 4.04. The Morgan fingerprint density at radius 3 is 2.67 bits per heavy atom. The summed E-state index contributed by atoms with van der Waals surface area (Å²) in [7, 11) is 0. The topological polar surface area (TPSA) is 46.9 Å². The second-order valence-corrected chi connectivity index (χ2v) is 6.00. The highest BCUT2D eigenvalue weighted by atomic mass is 35.5. The Labute approximate surface area is 146 Å². The summed E-state index contributed by atoms with van der Waals surface area (Å²) in [6.45, 7) is 1.93. The quantitative estimate of drug-likeness (QED) is 0.765. The highest BCUT2D eigenvalue weighted by Gasteiger charge is 2.13. The molecule has 0 aliphatic carbocycles. The molecule has 5 heteroatoms. The minimum atomic E-state index is -0.127. The maximum Gasteiger partial charge on any atom is 0.226 e. The molecule has 1 atom stereocenters. The van der Waals surface area contributed by atoms with Gasteiger partial charge in [-0.2, -0.15) is 0 Å². The zero-order valence-electron chi connectivity index (χ0n) is 13.3. The molecule has 3 rings (SSSR count). The molecule has 0 fully saturated rings. The van der Waals surface area contributed by atoms with Crippen molar-refractivity contribution in [2.75, 3.05) is 0 Å². The van der Waals surface area contributed by atoms with Gasteiger partial charge in [0.05, 0.1) is 18.2 Å². The fourth-order valence-electron chi connectivity index (χ4n) is 2.58. The number of halogens is 1. The second-order valence-electron chi connectivity index (χ2n) is 5.57. The lowest BCUT2D eigenvalue weighted by atomic mass is 10.2. The summed E-state index contributed by atoms with van der Waals surface area (Å²) in [5.74, 6) is -0.0398. The van der Waals surface area contributed by atoms with Crippen LogP contribution in [0.1, 0.15) is 24.4 Å². The van der Waals surface area contributed by atoms with E-state index in [1.807, 2.05) is 72.3 Å². The van der Waals surface area contributed by atoms with E-state index < -0.39 is 0 Å². The van der Waals surface area contributed by atoms with Gasteiger partial charge in [0, 0.05) is 28.8 Å². The third kappa shape index (κ3) is 3.84. The lowest BCUT2D eigenvalue weighted by Gasteiger charge is -2.14. The van der Waals surface area contributed by atoms with E-state index in [1.165, 1.54) is 0 Å². The molecular formula is C19H18ClN3O. The first-order chi connectivity index (χ1) is 11.6. The van der Waals surface area contributed by atoms with Gasteiger partial charge in [0.2, 0.25) is 5.91 Å². The fraction of sp³-hybridized carbons (Fsp3) is 0.158. The van der Waals surface area contributed by atoms with Crippen LogP contribution in [0, 0.1) is 0 Å². The molecule has 122 valence electrons. The Kier molecular flexibility index (Phi) is 4.96. The summed E-state index contributed by atoms with van der Waals surface area (Å²) in [6.07, 6.45) is 3.96. The first-order valence-corrected chi connectivity index (χ1v) is 8.14. The molecule has 1 aromatic carbocycles. The number of carbonyl (C=O) groups is 1. The summed E-state index contributed by atoms with van der Waals surface area (Å²) in [6, 6.07) is 17.0. The van der Waals surface area contributed by atoms with Gasteiger partial charge >= 0.3 is 0 Å². The van der Waals surface area contributed by atoms with Crippen LogP contribution < -0.4 is 5.32 Å². The summed E-state index contributed by atoms with van der Waals surface area (Å²) in [5.41, 5.74) is 2.74. The van der Waals surface area contributed by atoms with Crippen LogP contribution in [0.3, 0.4) is 0 Å². The maximum absolute atomic E-state index is 12.4. The molecule has 2 aromatic heterocycles. The van der Waals surface area contributed by atoms with Crippen molar-refractivity contribution in [1.82, 2.24) is 14.9 Å². The van der Waals surface area contributed by atoms with Crippen LogP contribution in [0.4, 0.5) is 0 Å². The van der Waals surface area contributed by atoms with Crippen LogP contribution >= 0.6 is 11.6 Å². The number of hydrogen-bond acceptors (Lipinski definition) is 2. The molecule has 0 aliphatic heterocycles. The van der Waals surface area contributed by atoms with Gasteiger partial charge < -0.3 is 9.88 Å². The number of aromatic nitrogens is 2. The van der Waals surface area contributed by atoms with Crippen molar-refractivity contribution in [3.8, 4) is 5.69 Å². The van der Waals surface area contributed by atoms with E-state index in [2.05, 4.69) is 10.3 Å². The van der Waals surface area contributed by atoms with Gasteiger partial charge in [0.25, 0.3) is 0 Å². The smallest absolute Gasteiger partial charge is 0.226 e. The van der Waals surface area contributed by atoms with Gasteiger partial charge in [0.15, 0.2) is 0 Å². The minimum Gasteiger partial charge on any atom is -0.348 e. The molecule has 1 N–H and O–H groups in total. The Morgan fingerprint density at radius 2 is 1.96 bits per heavy atom. The van der Waals surface area contributed by atoms with E-state index in [1.54, 1.807) is 6.20 Å². The minimum absolute atomic E-state index is 0.0398. The zero-order valence-corrected chi connectivity index (χ0v) is 14.1. The van der Waals surface area contributed by atoms with Crippen LogP contribution in [-0.2, 0) is 11.2 Å². The van der Waals surface area contributed by atoms with E-state index in [4.69, 9.17) is 11.6 Å². The molecule has 0 saturated heterocycles. The SMILES string of the molecule is C[C@@H](NC(=O)Cc1cccn1-c1ccc(Cl)cc1)c1ccccn1. The first kappa shape index (κ1) is 16.3. The maximum atomic E-state index is 12.4. The number of pyridine rings is 1. The van der Waals surface area contributed by atoms with Crippen molar-refractivity contribution in [3.05, 3.63) is 83.4 Å². The van der Waals surface area contributed by atoms with Crippen molar-refractivity contribution < 1.29 is 4.79 Å². The normalized spacial score (nSPS) is 11.9. The molecule has 4 nitrogen and oxygen atoms in total. The Hall–Kier alpha value is -2.59. The van der Waals surface area contributed by atoms with Crippen molar-refractivity contribution >= 4 is 17.5 Å². The molecule has 0 bridgehead atoms. The van der Waals surface area contributed by atoms with Gasteiger partial charge in [-0.25, -0.2) is 0 Å². The lowest BCUT2D eigenvalue weighted by molar-refractivity contribution is -0.121. The average Bonchev–Trinajstić information content (AvgIpc) is 3.04. The molecule has 1 amide bonds. The van der Waals surface area contributed by atoms with Gasteiger partial charge in [-0.15, -0.1) is 0 Å². The third-order valence-electron chi connectivity index (χ3n) is 3.79. The predicted octanol–water partition coefficient (Wildman–Crippen LogP) is 3.95. The van der Waals surface area contributed by atoms with E-state index >= 15 is 0 Å². The summed E-state index contributed by atoms with van der Waals surface area (Å²) < 4.78 is 1.99. The molecule has 0 aliphatic rings. The van der Waals surface area contributed by atoms with Crippen molar-refractivity contribution in [2.45, 2.75) is 19.4 Å². The second kappa shape index (κ2) is 7.32. The highest BCUT2D eigenvalue weighted by Crippen LogP contribution is 2.17. The van der Waals surface area contributed by atoms with Crippen molar-refractivity contribution in [3.63, 3.8) is 0 Å². The van der Waals surface area contributed by atoms with Gasteiger partial charge in [-0.1, -0.05) is 17.7 Å². The standard InChI is InChI=1S/C19H18ClN3O/c1-14(18-6-2-3-11-21-18)22-19(24)13-17-5-4-12-23(17)16-9-7-15(20)8-10-16/h2-12,14H,13H2,1H3,(H,22,24)/t14-/m1/s1. The number of nitrogens with one attached hydrogen (secondary N) is 1. The molecule has 0 radical (unpaired) electrons. The van der Waals surface area contributed by atoms with E-state index in [0.717, 1.165) is 17.1 Å².